The number of hydrogen-bond donors (Lipinski definition) is 0. The fraction of sp³-hybridized carbons (Fsp3) is 0.632. The number of hydrogen-bond acceptors (Lipinski definition) is 7. The fourth-order valence-corrected chi connectivity index (χ4v) is 2.95. The third-order valence-electron chi connectivity index (χ3n) is 4.15. The van der Waals surface area contributed by atoms with Crippen molar-refractivity contribution in [3.63, 3.8) is 0 Å². The number of aromatic nitrogens is 1. The standard InChI is InChI=1S/C19H28N2O5/c1-3-24-18(22)13-21(14-19(23)25-4-2)17-11-10-16(12-20-17)26-15-8-6-5-7-9-15/h10-12,15H,3-9,13-14H2,1-2H3. The number of carbonyl (C=O) groups excluding carboxylic acids is 2. The van der Waals surface area contributed by atoms with Crippen LogP contribution in [0.5, 0.6) is 5.75 Å². The molecule has 0 aliphatic heterocycles. The molecule has 0 atom stereocenters. The second-order valence-electron chi connectivity index (χ2n) is 6.20. The molecule has 0 bridgehead atoms. The highest BCUT2D eigenvalue weighted by atomic mass is 16.5. The van der Waals surface area contributed by atoms with Crippen molar-refractivity contribution in [2.24, 2.45) is 0 Å². The van der Waals surface area contributed by atoms with Gasteiger partial charge < -0.3 is 19.1 Å². The smallest absolute Gasteiger partial charge is 0.325 e. The SMILES string of the molecule is CCOC(=O)CN(CC(=O)OCC)c1ccc(OC2CCCCC2)cn1. The lowest BCUT2D eigenvalue weighted by molar-refractivity contribution is -0.142. The molecule has 0 aromatic carbocycles. The Kier molecular flexibility index (Phi) is 8.18. The van der Waals surface area contributed by atoms with E-state index in [4.69, 9.17) is 14.2 Å². The zero-order valence-corrected chi connectivity index (χ0v) is 15.6. The Balaban J connectivity index is 2.02. The Morgan fingerprint density at radius 1 is 1.04 bits per heavy atom. The van der Waals surface area contributed by atoms with Gasteiger partial charge in [0.1, 0.15) is 24.7 Å². The van der Waals surface area contributed by atoms with E-state index >= 15 is 0 Å². The average Bonchev–Trinajstić information content (AvgIpc) is 2.63. The molecule has 7 heteroatoms. The second kappa shape index (κ2) is 10.6. The summed E-state index contributed by atoms with van der Waals surface area (Å²) in [4.78, 5) is 29.6. The molecule has 7 nitrogen and oxygen atoms in total. The van der Waals surface area contributed by atoms with Gasteiger partial charge in [-0.15, -0.1) is 0 Å². The summed E-state index contributed by atoms with van der Waals surface area (Å²) in [6, 6.07) is 3.57. The molecular weight excluding hydrogens is 336 g/mol. The molecule has 1 aliphatic carbocycles. The molecule has 0 saturated heterocycles. The maximum absolute atomic E-state index is 11.8. The summed E-state index contributed by atoms with van der Waals surface area (Å²) in [5.41, 5.74) is 0. The zero-order chi connectivity index (χ0) is 18.8. The third-order valence-corrected chi connectivity index (χ3v) is 4.15. The number of nitrogens with zero attached hydrogens (tertiary/aromatic N) is 2. The number of rotatable bonds is 9. The van der Waals surface area contributed by atoms with Crippen molar-refractivity contribution in [2.75, 3.05) is 31.2 Å². The Morgan fingerprint density at radius 2 is 1.65 bits per heavy atom. The molecule has 1 heterocycles. The summed E-state index contributed by atoms with van der Waals surface area (Å²) in [5.74, 6) is 0.372. The van der Waals surface area contributed by atoms with E-state index in [9.17, 15) is 9.59 Å². The van der Waals surface area contributed by atoms with Gasteiger partial charge in [-0.3, -0.25) is 9.59 Å². The van der Waals surface area contributed by atoms with Crippen LogP contribution in [0.4, 0.5) is 5.82 Å². The van der Waals surface area contributed by atoms with E-state index in [1.807, 2.05) is 6.07 Å². The van der Waals surface area contributed by atoms with Gasteiger partial charge in [0.15, 0.2) is 0 Å². The van der Waals surface area contributed by atoms with E-state index < -0.39 is 11.9 Å². The van der Waals surface area contributed by atoms with Crippen molar-refractivity contribution in [3.05, 3.63) is 18.3 Å². The van der Waals surface area contributed by atoms with E-state index in [2.05, 4.69) is 4.98 Å². The molecule has 1 aromatic rings. The second-order valence-corrected chi connectivity index (χ2v) is 6.20. The molecule has 144 valence electrons. The van der Waals surface area contributed by atoms with Crippen LogP contribution >= 0.6 is 0 Å². The van der Waals surface area contributed by atoms with E-state index in [0.717, 1.165) is 12.8 Å². The van der Waals surface area contributed by atoms with Crippen LogP contribution in [0, 0.1) is 0 Å². The molecule has 26 heavy (non-hydrogen) atoms. The van der Waals surface area contributed by atoms with Crippen LogP contribution in [0.2, 0.25) is 0 Å². The van der Waals surface area contributed by atoms with Crippen LogP contribution in [-0.4, -0.2) is 49.3 Å². The van der Waals surface area contributed by atoms with Crippen LogP contribution in [-0.2, 0) is 19.1 Å². The first kappa shape index (κ1) is 20.0. The Labute approximate surface area is 154 Å². The van der Waals surface area contributed by atoms with Crippen LogP contribution in [0.1, 0.15) is 46.0 Å². The number of ether oxygens (including phenoxy) is 3. The minimum absolute atomic E-state index is 0.0670. The largest absolute Gasteiger partial charge is 0.489 e. The summed E-state index contributed by atoms with van der Waals surface area (Å²) in [6.07, 6.45) is 7.68. The highest BCUT2D eigenvalue weighted by Crippen LogP contribution is 2.24. The quantitative estimate of drug-likeness (QED) is 0.623. The van der Waals surface area contributed by atoms with E-state index in [0.29, 0.717) is 11.6 Å². The lowest BCUT2D eigenvalue weighted by atomic mass is 9.98. The van der Waals surface area contributed by atoms with E-state index in [1.165, 1.54) is 19.3 Å². The summed E-state index contributed by atoms with van der Waals surface area (Å²) < 4.78 is 15.9. The summed E-state index contributed by atoms with van der Waals surface area (Å²) in [5, 5.41) is 0. The normalized spacial score (nSPS) is 14.5. The predicted molar refractivity (Wildman–Crippen MR) is 97.2 cm³/mol. The Hall–Kier alpha value is -2.31. The van der Waals surface area contributed by atoms with Crippen LogP contribution < -0.4 is 9.64 Å². The molecule has 1 fully saturated rings. The maximum atomic E-state index is 11.8. The van der Waals surface area contributed by atoms with E-state index in [1.54, 1.807) is 31.0 Å². The van der Waals surface area contributed by atoms with Gasteiger partial charge in [0.25, 0.3) is 0 Å². The summed E-state index contributed by atoms with van der Waals surface area (Å²) in [6.45, 7) is 3.92. The number of carbonyl (C=O) groups is 2. The zero-order valence-electron chi connectivity index (χ0n) is 15.6. The first-order valence-electron chi connectivity index (χ1n) is 9.31. The molecule has 0 amide bonds. The Morgan fingerprint density at radius 3 is 2.15 bits per heavy atom. The van der Waals surface area contributed by atoms with Gasteiger partial charge >= 0.3 is 11.9 Å². The van der Waals surface area contributed by atoms with Crippen molar-refractivity contribution in [1.82, 2.24) is 4.98 Å². The topological polar surface area (TPSA) is 78.0 Å². The van der Waals surface area contributed by atoms with Crippen molar-refractivity contribution < 1.29 is 23.8 Å². The molecule has 1 aliphatic rings. The summed E-state index contributed by atoms with van der Waals surface area (Å²) in [7, 11) is 0. The van der Waals surface area contributed by atoms with Gasteiger partial charge in [-0.1, -0.05) is 6.42 Å². The fourth-order valence-electron chi connectivity index (χ4n) is 2.95. The molecule has 0 N–H and O–H groups in total. The number of pyridine rings is 1. The van der Waals surface area contributed by atoms with Gasteiger partial charge in [-0.25, -0.2) is 4.98 Å². The third kappa shape index (κ3) is 6.54. The van der Waals surface area contributed by atoms with Crippen LogP contribution in [0.15, 0.2) is 18.3 Å². The van der Waals surface area contributed by atoms with Gasteiger partial charge in [0, 0.05) is 0 Å². The molecule has 2 rings (SSSR count). The first-order chi connectivity index (χ1) is 12.6. The van der Waals surface area contributed by atoms with E-state index in [-0.39, 0.29) is 32.4 Å². The van der Waals surface area contributed by atoms with Crippen molar-refractivity contribution in [1.29, 1.82) is 0 Å². The van der Waals surface area contributed by atoms with Crippen molar-refractivity contribution in [2.45, 2.75) is 52.1 Å². The Bertz CT molecular complexity index is 550. The molecule has 0 spiro atoms. The first-order valence-corrected chi connectivity index (χ1v) is 9.31. The lowest BCUT2D eigenvalue weighted by Crippen LogP contribution is -2.36. The highest BCUT2D eigenvalue weighted by Gasteiger charge is 2.19. The van der Waals surface area contributed by atoms with Gasteiger partial charge in [-0.2, -0.15) is 0 Å². The predicted octanol–water partition coefficient (Wildman–Crippen LogP) is 2.73. The number of anilines is 1. The summed E-state index contributed by atoms with van der Waals surface area (Å²) >= 11 is 0. The molecule has 1 aromatic heterocycles. The van der Waals surface area contributed by atoms with Gasteiger partial charge in [0.2, 0.25) is 0 Å². The van der Waals surface area contributed by atoms with Gasteiger partial charge in [0.05, 0.1) is 25.5 Å². The molecule has 1 saturated carbocycles. The van der Waals surface area contributed by atoms with Gasteiger partial charge in [-0.05, 0) is 51.7 Å². The molecular formula is C19H28N2O5. The maximum Gasteiger partial charge on any atom is 0.325 e. The number of esters is 2. The average molecular weight is 364 g/mol. The highest BCUT2D eigenvalue weighted by molar-refractivity contribution is 5.80. The minimum Gasteiger partial charge on any atom is -0.489 e. The van der Waals surface area contributed by atoms with Crippen molar-refractivity contribution >= 4 is 17.8 Å². The van der Waals surface area contributed by atoms with Crippen molar-refractivity contribution in [3.8, 4) is 5.75 Å². The van der Waals surface area contributed by atoms with Crippen LogP contribution in [0.3, 0.4) is 0 Å². The molecule has 0 unspecified atom stereocenters. The minimum atomic E-state index is -0.416. The lowest BCUT2D eigenvalue weighted by Gasteiger charge is -2.24. The molecule has 0 radical (unpaired) electrons. The monoisotopic (exact) mass is 364 g/mol. The van der Waals surface area contributed by atoms with Crippen LogP contribution in [0.25, 0.3) is 0 Å².